The largest absolute Gasteiger partial charge is 0.416 e. The van der Waals surface area contributed by atoms with Crippen molar-refractivity contribution >= 4 is 34.6 Å². The molecule has 0 spiro atoms. The van der Waals surface area contributed by atoms with Gasteiger partial charge in [-0.3, -0.25) is 4.79 Å². The SMILES string of the molecule is CC(NC(=S)Nc1ccc(NC(=O)c2ccccc2F)cc1)c1ccccc1C(F)(F)F. The summed E-state index contributed by atoms with van der Waals surface area (Å²) in [6.07, 6.45) is -4.47. The summed E-state index contributed by atoms with van der Waals surface area (Å²) in [7, 11) is 0. The van der Waals surface area contributed by atoms with Gasteiger partial charge in [0.05, 0.1) is 17.2 Å². The van der Waals surface area contributed by atoms with Crippen molar-refractivity contribution < 1.29 is 22.4 Å². The molecule has 0 aliphatic heterocycles. The molecule has 0 aromatic heterocycles. The molecule has 0 heterocycles. The van der Waals surface area contributed by atoms with Crippen molar-refractivity contribution in [1.82, 2.24) is 5.32 Å². The second-order valence-electron chi connectivity index (χ2n) is 6.92. The lowest BCUT2D eigenvalue weighted by atomic mass is 10.0. The summed E-state index contributed by atoms with van der Waals surface area (Å²) in [6, 6.07) is 16.7. The van der Waals surface area contributed by atoms with Gasteiger partial charge in [-0.25, -0.2) is 4.39 Å². The third-order valence-corrected chi connectivity index (χ3v) is 4.82. The Morgan fingerprint density at radius 2 is 1.44 bits per heavy atom. The first kappa shape index (κ1) is 23.2. The van der Waals surface area contributed by atoms with Crippen LogP contribution in [0.1, 0.15) is 34.5 Å². The maximum atomic E-state index is 13.7. The average Bonchev–Trinajstić information content (AvgIpc) is 2.74. The van der Waals surface area contributed by atoms with Crippen LogP contribution in [0.4, 0.5) is 28.9 Å². The van der Waals surface area contributed by atoms with Gasteiger partial charge in [0.15, 0.2) is 5.11 Å². The van der Waals surface area contributed by atoms with Crippen molar-refractivity contribution in [2.75, 3.05) is 10.6 Å². The van der Waals surface area contributed by atoms with Crippen molar-refractivity contribution in [2.24, 2.45) is 0 Å². The molecule has 3 aromatic carbocycles. The van der Waals surface area contributed by atoms with Gasteiger partial charge in [-0.1, -0.05) is 30.3 Å². The summed E-state index contributed by atoms with van der Waals surface area (Å²) in [5.74, 6) is -1.21. The molecular weight excluding hydrogens is 442 g/mol. The number of amides is 1. The Morgan fingerprint density at radius 3 is 2.06 bits per heavy atom. The number of carbonyl (C=O) groups excluding carboxylic acids is 1. The fourth-order valence-corrected chi connectivity index (χ4v) is 3.35. The van der Waals surface area contributed by atoms with Crippen LogP contribution in [-0.2, 0) is 6.18 Å². The number of anilines is 2. The van der Waals surface area contributed by atoms with E-state index in [2.05, 4.69) is 16.0 Å². The molecule has 3 N–H and O–H groups in total. The second kappa shape index (κ2) is 9.78. The Balaban J connectivity index is 1.61. The molecule has 4 nitrogen and oxygen atoms in total. The number of rotatable bonds is 5. The number of halogens is 4. The predicted octanol–water partition coefficient (Wildman–Crippen LogP) is 6.14. The predicted molar refractivity (Wildman–Crippen MR) is 120 cm³/mol. The van der Waals surface area contributed by atoms with E-state index in [4.69, 9.17) is 12.2 Å². The van der Waals surface area contributed by atoms with Crippen LogP contribution in [0.25, 0.3) is 0 Å². The number of benzene rings is 3. The molecule has 0 saturated heterocycles. The summed E-state index contributed by atoms with van der Waals surface area (Å²) in [5, 5.41) is 8.46. The van der Waals surface area contributed by atoms with E-state index in [0.717, 1.165) is 6.07 Å². The van der Waals surface area contributed by atoms with Gasteiger partial charge in [0, 0.05) is 11.4 Å². The maximum absolute atomic E-state index is 13.7. The Kier molecular flexibility index (Phi) is 7.09. The molecule has 3 rings (SSSR count). The Bertz CT molecular complexity index is 1120. The number of nitrogens with one attached hydrogen (secondary N) is 3. The lowest BCUT2D eigenvalue weighted by Crippen LogP contribution is -2.32. The zero-order valence-electron chi connectivity index (χ0n) is 16.8. The highest BCUT2D eigenvalue weighted by atomic mass is 32.1. The minimum Gasteiger partial charge on any atom is -0.356 e. The van der Waals surface area contributed by atoms with Gasteiger partial charge in [-0.2, -0.15) is 13.2 Å². The van der Waals surface area contributed by atoms with Gasteiger partial charge in [0.1, 0.15) is 5.82 Å². The van der Waals surface area contributed by atoms with E-state index < -0.39 is 29.5 Å². The fraction of sp³-hybridized carbons (Fsp3) is 0.130. The van der Waals surface area contributed by atoms with Gasteiger partial charge in [-0.15, -0.1) is 0 Å². The summed E-state index contributed by atoms with van der Waals surface area (Å²) < 4.78 is 53.4. The normalized spacial score (nSPS) is 12.0. The molecule has 3 aromatic rings. The molecule has 0 saturated carbocycles. The van der Waals surface area contributed by atoms with Crippen LogP contribution in [0.3, 0.4) is 0 Å². The molecular formula is C23H19F4N3OS. The van der Waals surface area contributed by atoms with Crippen LogP contribution in [0.15, 0.2) is 72.8 Å². The first-order chi connectivity index (χ1) is 15.1. The highest BCUT2D eigenvalue weighted by Gasteiger charge is 2.34. The molecule has 1 amide bonds. The molecule has 0 bridgehead atoms. The van der Waals surface area contributed by atoms with Gasteiger partial charge in [0.25, 0.3) is 5.91 Å². The monoisotopic (exact) mass is 461 g/mol. The highest BCUT2D eigenvalue weighted by Crippen LogP contribution is 2.34. The molecule has 0 aliphatic rings. The lowest BCUT2D eigenvalue weighted by molar-refractivity contribution is -0.138. The minimum absolute atomic E-state index is 0.0757. The van der Waals surface area contributed by atoms with Gasteiger partial charge in [-0.05, 0) is 67.2 Å². The molecule has 32 heavy (non-hydrogen) atoms. The summed E-state index contributed by atoms with van der Waals surface area (Å²) in [5.41, 5.74) is 0.277. The van der Waals surface area contributed by atoms with E-state index in [1.54, 1.807) is 37.3 Å². The third-order valence-electron chi connectivity index (χ3n) is 4.60. The van der Waals surface area contributed by atoms with Crippen molar-refractivity contribution in [1.29, 1.82) is 0 Å². The van der Waals surface area contributed by atoms with Crippen LogP contribution < -0.4 is 16.0 Å². The van der Waals surface area contributed by atoms with Crippen LogP contribution in [0.5, 0.6) is 0 Å². The van der Waals surface area contributed by atoms with Crippen molar-refractivity contribution in [2.45, 2.75) is 19.1 Å². The minimum atomic E-state index is -4.47. The van der Waals surface area contributed by atoms with Crippen molar-refractivity contribution in [3.05, 3.63) is 95.3 Å². The van der Waals surface area contributed by atoms with Gasteiger partial charge in [0.2, 0.25) is 0 Å². The average molecular weight is 461 g/mol. The Morgan fingerprint density at radius 1 is 0.875 bits per heavy atom. The third kappa shape index (κ3) is 5.82. The highest BCUT2D eigenvalue weighted by molar-refractivity contribution is 7.80. The first-order valence-electron chi connectivity index (χ1n) is 9.54. The van der Waals surface area contributed by atoms with Crippen LogP contribution in [0.2, 0.25) is 0 Å². The van der Waals surface area contributed by atoms with E-state index in [-0.39, 0.29) is 16.2 Å². The molecule has 1 unspecified atom stereocenters. The number of hydrogen-bond acceptors (Lipinski definition) is 2. The number of alkyl halides is 3. The molecule has 166 valence electrons. The van der Waals surface area contributed by atoms with Crippen molar-refractivity contribution in [3.63, 3.8) is 0 Å². The zero-order chi connectivity index (χ0) is 23.3. The summed E-state index contributed by atoms with van der Waals surface area (Å²) in [4.78, 5) is 12.2. The topological polar surface area (TPSA) is 53.2 Å². The summed E-state index contributed by atoms with van der Waals surface area (Å²) >= 11 is 5.22. The van der Waals surface area contributed by atoms with E-state index >= 15 is 0 Å². The van der Waals surface area contributed by atoms with Crippen LogP contribution in [0, 0.1) is 5.82 Å². The second-order valence-corrected chi connectivity index (χ2v) is 7.32. The Hall–Kier alpha value is -3.46. The zero-order valence-corrected chi connectivity index (χ0v) is 17.7. The van der Waals surface area contributed by atoms with Gasteiger partial charge < -0.3 is 16.0 Å². The van der Waals surface area contributed by atoms with E-state index in [9.17, 15) is 22.4 Å². The summed E-state index contributed by atoms with van der Waals surface area (Å²) in [6.45, 7) is 1.58. The molecule has 0 aliphatic carbocycles. The quantitative estimate of drug-likeness (QED) is 0.315. The lowest BCUT2D eigenvalue weighted by Gasteiger charge is -2.21. The standard InChI is InChI=1S/C23H19F4N3OS/c1-14(17-6-2-4-8-19(17)23(25,26)27)28-22(32)30-16-12-10-15(11-13-16)29-21(31)18-7-3-5-9-20(18)24/h2-14H,1H3,(H,29,31)(H2,28,30,32). The molecule has 1 atom stereocenters. The number of thiocarbonyl (C=S) groups is 1. The van der Waals surface area contributed by atoms with E-state index in [0.29, 0.717) is 11.4 Å². The smallest absolute Gasteiger partial charge is 0.356 e. The molecule has 9 heteroatoms. The van der Waals surface area contributed by atoms with E-state index in [1.807, 2.05) is 0 Å². The van der Waals surface area contributed by atoms with Crippen molar-refractivity contribution in [3.8, 4) is 0 Å². The van der Waals surface area contributed by atoms with Crippen LogP contribution >= 0.6 is 12.2 Å². The number of carbonyl (C=O) groups is 1. The first-order valence-corrected chi connectivity index (χ1v) is 9.95. The van der Waals surface area contributed by atoms with Gasteiger partial charge >= 0.3 is 6.18 Å². The Labute approximate surface area is 187 Å². The fourth-order valence-electron chi connectivity index (χ4n) is 3.06. The van der Waals surface area contributed by atoms with Crippen LogP contribution in [-0.4, -0.2) is 11.0 Å². The molecule has 0 radical (unpaired) electrons. The molecule has 0 fully saturated rings. The number of hydrogen-bond donors (Lipinski definition) is 3. The van der Waals surface area contributed by atoms with E-state index in [1.165, 1.54) is 36.4 Å². The maximum Gasteiger partial charge on any atom is 0.416 e.